The van der Waals surface area contributed by atoms with E-state index in [2.05, 4.69) is 4.98 Å². The minimum atomic E-state index is -0.466. The first-order valence-corrected chi connectivity index (χ1v) is 11.2. The zero-order valence-electron chi connectivity index (χ0n) is 17.5. The number of carbonyl (C=O) groups is 3. The Morgan fingerprint density at radius 2 is 2.23 bits per heavy atom. The number of rotatable bonds is 6. The van der Waals surface area contributed by atoms with Crippen LogP contribution in [0.15, 0.2) is 18.3 Å². The number of aliphatic hydroxyl groups is 1. The number of aromatic nitrogens is 1. The maximum absolute atomic E-state index is 13.1. The summed E-state index contributed by atoms with van der Waals surface area (Å²) in [6, 6.07) is 3.72. The number of fused-ring (bicyclic) bond motifs is 1. The van der Waals surface area contributed by atoms with Crippen LogP contribution >= 0.6 is 11.3 Å². The van der Waals surface area contributed by atoms with Crippen LogP contribution in [0.3, 0.4) is 0 Å². The number of morpholine rings is 1. The summed E-state index contributed by atoms with van der Waals surface area (Å²) in [6.07, 6.45) is 2.50. The highest BCUT2D eigenvalue weighted by atomic mass is 32.1. The van der Waals surface area contributed by atoms with E-state index in [4.69, 9.17) is 4.74 Å². The van der Waals surface area contributed by atoms with Crippen molar-refractivity contribution in [3.8, 4) is 0 Å². The Labute approximate surface area is 184 Å². The minimum absolute atomic E-state index is 0.0212. The van der Waals surface area contributed by atoms with Crippen molar-refractivity contribution in [2.75, 3.05) is 53.0 Å². The lowest BCUT2D eigenvalue weighted by Crippen LogP contribution is -2.47. The Bertz CT molecular complexity index is 993. The first kappa shape index (κ1) is 21.7. The SMILES string of the molecule is CN(CCO)C(=O)c1sc2ncccc2c1[C@H]1CN(C(=O)CN2CCCC2=O)CCO1. The molecule has 3 amide bonds. The molecule has 0 radical (unpaired) electrons. The van der Waals surface area contributed by atoms with Gasteiger partial charge in [0.15, 0.2) is 0 Å². The number of aliphatic hydroxyl groups excluding tert-OH is 1. The van der Waals surface area contributed by atoms with Crippen molar-refractivity contribution in [2.45, 2.75) is 18.9 Å². The summed E-state index contributed by atoms with van der Waals surface area (Å²) < 4.78 is 6.02. The van der Waals surface area contributed by atoms with Gasteiger partial charge in [0, 0.05) is 50.2 Å². The maximum Gasteiger partial charge on any atom is 0.264 e. The Kier molecular flexibility index (Phi) is 6.49. The highest BCUT2D eigenvalue weighted by Crippen LogP contribution is 2.38. The summed E-state index contributed by atoms with van der Waals surface area (Å²) in [5.74, 6) is -0.291. The smallest absolute Gasteiger partial charge is 0.264 e. The van der Waals surface area contributed by atoms with Crippen molar-refractivity contribution < 1.29 is 24.2 Å². The third-order valence-electron chi connectivity index (χ3n) is 5.72. The van der Waals surface area contributed by atoms with Crippen LogP contribution < -0.4 is 0 Å². The number of hydrogen-bond acceptors (Lipinski definition) is 7. The molecule has 166 valence electrons. The Morgan fingerprint density at radius 3 is 2.97 bits per heavy atom. The van der Waals surface area contributed by atoms with Crippen LogP contribution in [0.2, 0.25) is 0 Å². The molecular weight excluding hydrogens is 420 g/mol. The largest absolute Gasteiger partial charge is 0.395 e. The molecular formula is C21H26N4O5S. The number of ether oxygens (including phenoxy) is 1. The molecule has 2 aromatic rings. The summed E-state index contributed by atoms with van der Waals surface area (Å²) in [5.41, 5.74) is 0.734. The molecule has 9 nitrogen and oxygen atoms in total. The van der Waals surface area contributed by atoms with Crippen LogP contribution in [-0.4, -0.2) is 95.5 Å². The van der Waals surface area contributed by atoms with Crippen molar-refractivity contribution in [1.29, 1.82) is 0 Å². The molecule has 4 heterocycles. The minimum Gasteiger partial charge on any atom is -0.395 e. The molecule has 2 aromatic heterocycles. The molecule has 2 aliphatic rings. The fourth-order valence-electron chi connectivity index (χ4n) is 4.04. The average molecular weight is 447 g/mol. The lowest BCUT2D eigenvalue weighted by atomic mass is 10.0. The lowest BCUT2D eigenvalue weighted by Gasteiger charge is -2.34. The number of nitrogens with zero attached hydrogens (tertiary/aromatic N) is 4. The van der Waals surface area contributed by atoms with Gasteiger partial charge in [-0.2, -0.15) is 0 Å². The van der Waals surface area contributed by atoms with E-state index < -0.39 is 6.10 Å². The van der Waals surface area contributed by atoms with E-state index >= 15 is 0 Å². The van der Waals surface area contributed by atoms with Crippen molar-refractivity contribution in [2.24, 2.45) is 0 Å². The van der Waals surface area contributed by atoms with Crippen LogP contribution in [0.4, 0.5) is 0 Å². The maximum atomic E-state index is 13.1. The molecule has 0 saturated carbocycles. The van der Waals surface area contributed by atoms with Crippen molar-refractivity contribution in [1.82, 2.24) is 19.7 Å². The highest BCUT2D eigenvalue weighted by molar-refractivity contribution is 7.20. The number of likely N-dealkylation sites (tertiary alicyclic amines) is 1. The highest BCUT2D eigenvalue weighted by Gasteiger charge is 2.33. The van der Waals surface area contributed by atoms with Gasteiger partial charge in [0.05, 0.1) is 26.3 Å². The van der Waals surface area contributed by atoms with Gasteiger partial charge in [0.25, 0.3) is 5.91 Å². The second-order valence-corrected chi connectivity index (χ2v) is 8.77. The second-order valence-electron chi connectivity index (χ2n) is 7.77. The predicted molar refractivity (Wildman–Crippen MR) is 115 cm³/mol. The Hall–Kier alpha value is -2.56. The third kappa shape index (κ3) is 4.41. The number of likely N-dealkylation sites (N-methyl/N-ethyl adjacent to an activating group) is 1. The number of hydrogen-bond donors (Lipinski definition) is 1. The van der Waals surface area contributed by atoms with Gasteiger partial charge in [-0.3, -0.25) is 14.4 Å². The van der Waals surface area contributed by atoms with Crippen molar-refractivity contribution in [3.05, 3.63) is 28.8 Å². The predicted octanol–water partition coefficient (Wildman–Crippen LogP) is 0.883. The lowest BCUT2D eigenvalue weighted by molar-refractivity contribution is -0.143. The summed E-state index contributed by atoms with van der Waals surface area (Å²) in [5, 5.41) is 10.1. The standard InChI is InChI=1S/C21H26N4O5S/c1-23(8-10-26)21(29)19-18(14-4-2-6-22-20(14)31-19)15-12-25(9-11-30-15)17(28)13-24-7-3-5-16(24)27/h2,4,6,15,26H,3,5,7-13H2,1H3/t15-/m1/s1. The fraction of sp³-hybridized carbons (Fsp3) is 0.524. The molecule has 4 rings (SSSR count). The van der Waals surface area contributed by atoms with E-state index in [-0.39, 0.29) is 37.4 Å². The number of carbonyl (C=O) groups excluding carboxylic acids is 3. The number of thiophene rings is 1. The summed E-state index contributed by atoms with van der Waals surface area (Å²) >= 11 is 1.30. The van der Waals surface area contributed by atoms with Crippen LogP contribution in [0.25, 0.3) is 10.2 Å². The second kappa shape index (κ2) is 9.29. The van der Waals surface area contributed by atoms with E-state index in [9.17, 15) is 19.5 Å². The van der Waals surface area contributed by atoms with Gasteiger partial charge in [-0.1, -0.05) is 6.07 Å². The van der Waals surface area contributed by atoms with E-state index in [1.54, 1.807) is 23.0 Å². The van der Waals surface area contributed by atoms with Crippen LogP contribution in [0.5, 0.6) is 0 Å². The molecule has 2 saturated heterocycles. The fourth-order valence-corrected chi connectivity index (χ4v) is 5.23. The zero-order valence-corrected chi connectivity index (χ0v) is 18.3. The van der Waals surface area contributed by atoms with E-state index in [1.807, 2.05) is 12.1 Å². The van der Waals surface area contributed by atoms with Gasteiger partial charge in [-0.05, 0) is 12.5 Å². The number of amides is 3. The van der Waals surface area contributed by atoms with E-state index in [0.29, 0.717) is 37.5 Å². The van der Waals surface area contributed by atoms with Gasteiger partial charge in [-0.25, -0.2) is 4.98 Å². The topological polar surface area (TPSA) is 103 Å². The normalized spacial score (nSPS) is 19.3. The Balaban J connectivity index is 1.59. The van der Waals surface area contributed by atoms with Gasteiger partial charge < -0.3 is 24.5 Å². The quantitative estimate of drug-likeness (QED) is 0.707. The van der Waals surface area contributed by atoms with Crippen molar-refractivity contribution >= 4 is 39.3 Å². The molecule has 0 aromatic carbocycles. The molecule has 2 fully saturated rings. The molecule has 10 heteroatoms. The number of pyridine rings is 1. The summed E-state index contributed by atoms with van der Waals surface area (Å²) in [7, 11) is 1.64. The molecule has 0 unspecified atom stereocenters. The van der Waals surface area contributed by atoms with Crippen molar-refractivity contribution in [3.63, 3.8) is 0 Å². The average Bonchev–Trinajstić information content (AvgIpc) is 3.36. The zero-order chi connectivity index (χ0) is 22.0. The summed E-state index contributed by atoms with van der Waals surface area (Å²) in [4.78, 5) is 48.2. The van der Waals surface area contributed by atoms with Crippen LogP contribution in [0.1, 0.15) is 34.2 Å². The molecule has 31 heavy (non-hydrogen) atoms. The van der Waals surface area contributed by atoms with Gasteiger partial charge in [-0.15, -0.1) is 11.3 Å². The summed E-state index contributed by atoms with van der Waals surface area (Å²) in [6.45, 7) is 1.91. The first-order valence-electron chi connectivity index (χ1n) is 10.4. The monoisotopic (exact) mass is 446 g/mol. The van der Waals surface area contributed by atoms with Crippen LogP contribution in [-0.2, 0) is 14.3 Å². The van der Waals surface area contributed by atoms with Gasteiger partial charge in [0.2, 0.25) is 11.8 Å². The first-order chi connectivity index (χ1) is 15.0. The molecule has 0 aliphatic carbocycles. The van der Waals surface area contributed by atoms with Gasteiger partial charge in [0.1, 0.15) is 15.8 Å². The Morgan fingerprint density at radius 1 is 1.39 bits per heavy atom. The van der Waals surface area contributed by atoms with E-state index in [0.717, 1.165) is 22.2 Å². The molecule has 0 spiro atoms. The van der Waals surface area contributed by atoms with E-state index in [1.165, 1.54) is 16.2 Å². The van der Waals surface area contributed by atoms with Crippen LogP contribution in [0, 0.1) is 0 Å². The molecule has 2 aliphatic heterocycles. The van der Waals surface area contributed by atoms with Gasteiger partial charge >= 0.3 is 0 Å². The third-order valence-corrected chi connectivity index (χ3v) is 6.84. The molecule has 1 atom stereocenters. The molecule has 0 bridgehead atoms. The molecule has 1 N–H and O–H groups in total.